The summed E-state index contributed by atoms with van der Waals surface area (Å²) < 4.78 is 0. The maximum absolute atomic E-state index is 13.4. The lowest BCUT2D eigenvalue weighted by Gasteiger charge is -2.41. The van der Waals surface area contributed by atoms with Crippen molar-refractivity contribution >= 4 is 23.2 Å². The standard InChI is InChI=1S/C25H28N2O6/c26-25(33)21-17(29)10-14-8-13-9-15-12(11-27-6-2-1-3-7-27)4-5-16(28)20(15)23(31)18(13)22(30)19(14)24(21)32/h4-5,13-14,19,28,31-32H,1-3,6-11H2,(H2,26,33). The fraction of sp³-hybridized carbons (Fsp3) is 0.480. The molecule has 1 aromatic rings. The van der Waals surface area contributed by atoms with Crippen molar-refractivity contribution in [3.05, 3.63) is 45.7 Å². The second-order valence-corrected chi connectivity index (χ2v) is 9.69. The highest BCUT2D eigenvalue weighted by Gasteiger charge is 2.50. The monoisotopic (exact) mass is 452 g/mol. The fourth-order valence-electron chi connectivity index (χ4n) is 6.21. The number of likely N-dealkylation sites (tertiary alicyclic amines) is 1. The molecule has 3 atom stereocenters. The van der Waals surface area contributed by atoms with Gasteiger partial charge in [-0.1, -0.05) is 12.5 Å². The summed E-state index contributed by atoms with van der Waals surface area (Å²) in [6.45, 7) is 2.72. The quantitative estimate of drug-likeness (QED) is 0.516. The van der Waals surface area contributed by atoms with Gasteiger partial charge in [-0.2, -0.15) is 0 Å². The number of primary amides is 1. The molecule has 3 aliphatic carbocycles. The van der Waals surface area contributed by atoms with Crippen molar-refractivity contribution in [1.29, 1.82) is 0 Å². The van der Waals surface area contributed by atoms with Crippen molar-refractivity contribution in [2.24, 2.45) is 23.5 Å². The Labute approximate surface area is 191 Å². The third-order valence-corrected chi connectivity index (χ3v) is 7.71. The summed E-state index contributed by atoms with van der Waals surface area (Å²) in [6, 6.07) is 3.43. The van der Waals surface area contributed by atoms with Crippen molar-refractivity contribution in [3.63, 3.8) is 0 Å². The van der Waals surface area contributed by atoms with Crippen molar-refractivity contribution in [1.82, 2.24) is 4.90 Å². The summed E-state index contributed by atoms with van der Waals surface area (Å²) in [4.78, 5) is 39.9. The van der Waals surface area contributed by atoms with Gasteiger partial charge in [0.2, 0.25) is 0 Å². The first-order valence-corrected chi connectivity index (χ1v) is 11.6. The molecule has 4 aliphatic rings. The smallest absolute Gasteiger partial charge is 0.255 e. The molecule has 3 unspecified atom stereocenters. The molecule has 0 radical (unpaired) electrons. The Balaban J connectivity index is 1.57. The first kappa shape index (κ1) is 21.7. The molecule has 5 N–H and O–H groups in total. The van der Waals surface area contributed by atoms with Crippen LogP contribution in [0.15, 0.2) is 29.0 Å². The number of hydrogen-bond acceptors (Lipinski definition) is 7. The molecule has 1 amide bonds. The van der Waals surface area contributed by atoms with E-state index in [0.717, 1.165) is 37.1 Å². The number of aliphatic hydroxyl groups excluding tert-OH is 2. The van der Waals surface area contributed by atoms with E-state index in [0.29, 0.717) is 19.4 Å². The molecular formula is C25H28N2O6. The summed E-state index contributed by atoms with van der Waals surface area (Å²) in [5.74, 6) is -4.95. The minimum Gasteiger partial charge on any atom is -0.511 e. The zero-order valence-electron chi connectivity index (χ0n) is 18.3. The van der Waals surface area contributed by atoms with Crippen LogP contribution in [-0.2, 0) is 27.3 Å². The highest BCUT2D eigenvalue weighted by Crippen LogP contribution is 2.50. The van der Waals surface area contributed by atoms with Gasteiger partial charge in [-0.25, -0.2) is 0 Å². The number of phenolic OH excluding ortho intramolecular Hbond substituents is 1. The van der Waals surface area contributed by atoms with E-state index in [9.17, 15) is 29.7 Å². The molecule has 8 nitrogen and oxygen atoms in total. The number of hydrogen-bond donors (Lipinski definition) is 4. The van der Waals surface area contributed by atoms with Crippen LogP contribution in [0, 0.1) is 17.8 Å². The van der Waals surface area contributed by atoms with Crippen LogP contribution in [0.3, 0.4) is 0 Å². The molecule has 0 bridgehead atoms. The normalized spacial score (nSPS) is 27.8. The molecule has 174 valence electrons. The van der Waals surface area contributed by atoms with E-state index < -0.39 is 40.6 Å². The molecule has 8 heteroatoms. The van der Waals surface area contributed by atoms with E-state index in [1.807, 2.05) is 6.07 Å². The van der Waals surface area contributed by atoms with Crippen molar-refractivity contribution < 1.29 is 29.7 Å². The maximum atomic E-state index is 13.4. The van der Waals surface area contributed by atoms with Gasteiger partial charge in [-0.3, -0.25) is 19.3 Å². The van der Waals surface area contributed by atoms with Gasteiger partial charge >= 0.3 is 0 Å². The van der Waals surface area contributed by atoms with Crippen molar-refractivity contribution in [2.75, 3.05) is 13.1 Å². The number of nitrogens with zero attached hydrogens (tertiary/aromatic N) is 1. The van der Waals surface area contributed by atoms with Crippen molar-refractivity contribution in [2.45, 2.75) is 45.1 Å². The molecule has 33 heavy (non-hydrogen) atoms. The Morgan fingerprint density at radius 1 is 1.06 bits per heavy atom. The van der Waals surface area contributed by atoms with E-state index in [1.165, 1.54) is 6.42 Å². The summed E-state index contributed by atoms with van der Waals surface area (Å²) in [6.07, 6.45) is 4.35. The lowest BCUT2D eigenvalue weighted by atomic mass is 9.61. The van der Waals surface area contributed by atoms with Crippen LogP contribution in [0.1, 0.15) is 48.8 Å². The average molecular weight is 453 g/mol. The van der Waals surface area contributed by atoms with Gasteiger partial charge in [0.25, 0.3) is 5.91 Å². The summed E-state index contributed by atoms with van der Waals surface area (Å²) >= 11 is 0. The van der Waals surface area contributed by atoms with Gasteiger partial charge in [0.15, 0.2) is 11.6 Å². The molecule has 1 saturated heterocycles. The van der Waals surface area contributed by atoms with Crippen LogP contribution in [0.25, 0.3) is 5.76 Å². The van der Waals surface area contributed by atoms with Crippen LogP contribution < -0.4 is 5.73 Å². The number of rotatable bonds is 3. The van der Waals surface area contributed by atoms with Crippen LogP contribution in [0.4, 0.5) is 0 Å². The van der Waals surface area contributed by atoms with E-state index in [4.69, 9.17) is 5.73 Å². The molecule has 1 saturated carbocycles. The minimum atomic E-state index is -1.08. The van der Waals surface area contributed by atoms with Crippen LogP contribution >= 0.6 is 0 Å². The van der Waals surface area contributed by atoms with Gasteiger partial charge in [0, 0.05) is 18.5 Å². The second-order valence-electron chi connectivity index (χ2n) is 9.69. The Hall–Kier alpha value is -3.13. The van der Waals surface area contributed by atoms with E-state index >= 15 is 0 Å². The number of carbonyl (C=O) groups is 3. The average Bonchev–Trinajstić information content (AvgIpc) is 2.75. The SMILES string of the molecule is NC(=O)C1=C(O)C2C(=O)C3=C(O)c4c(O)ccc(CN5CCCCC5)c4CC3CC2CC1=O. The van der Waals surface area contributed by atoms with Gasteiger partial charge in [0.1, 0.15) is 22.8 Å². The largest absolute Gasteiger partial charge is 0.511 e. The number of aliphatic hydroxyl groups is 2. The number of amides is 1. The predicted molar refractivity (Wildman–Crippen MR) is 119 cm³/mol. The molecule has 0 spiro atoms. The van der Waals surface area contributed by atoms with Gasteiger partial charge < -0.3 is 21.1 Å². The van der Waals surface area contributed by atoms with Gasteiger partial charge in [-0.05, 0) is 67.8 Å². The zero-order valence-corrected chi connectivity index (χ0v) is 18.3. The maximum Gasteiger partial charge on any atom is 0.255 e. The third kappa shape index (κ3) is 3.44. The zero-order chi connectivity index (χ0) is 23.4. The van der Waals surface area contributed by atoms with Crippen LogP contribution in [0.2, 0.25) is 0 Å². The van der Waals surface area contributed by atoms with Crippen LogP contribution in [-0.4, -0.2) is 50.8 Å². The Morgan fingerprint density at radius 2 is 1.79 bits per heavy atom. The lowest BCUT2D eigenvalue weighted by molar-refractivity contribution is -0.127. The number of carbonyl (C=O) groups excluding carboxylic acids is 3. The minimum absolute atomic E-state index is 0.0448. The fourth-order valence-corrected chi connectivity index (χ4v) is 6.21. The third-order valence-electron chi connectivity index (χ3n) is 7.71. The highest BCUT2D eigenvalue weighted by molar-refractivity contribution is 6.21. The second kappa shape index (κ2) is 8.02. The number of fused-ring (bicyclic) bond motifs is 3. The predicted octanol–water partition coefficient (Wildman–Crippen LogP) is 2.29. The highest BCUT2D eigenvalue weighted by atomic mass is 16.3. The summed E-state index contributed by atoms with van der Waals surface area (Å²) in [7, 11) is 0. The number of ketones is 2. The molecule has 2 fully saturated rings. The van der Waals surface area contributed by atoms with E-state index in [-0.39, 0.29) is 35.0 Å². The molecule has 1 heterocycles. The number of nitrogens with two attached hydrogens (primary N) is 1. The van der Waals surface area contributed by atoms with Crippen LogP contribution in [0.5, 0.6) is 5.75 Å². The summed E-state index contributed by atoms with van der Waals surface area (Å²) in [5, 5.41) is 32.4. The number of Topliss-reactive ketones (excluding diaryl/α,β-unsaturated/α-hetero) is 2. The summed E-state index contributed by atoms with van der Waals surface area (Å²) in [5.41, 5.74) is 7.01. The Bertz CT molecular complexity index is 1130. The van der Waals surface area contributed by atoms with Crippen molar-refractivity contribution in [3.8, 4) is 5.75 Å². The van der Waals surface area contributed by atoms with E-state index in [2.05, 4.69) is 4.90 Å². The Kier molecular flexibility index (Phi) is 5.28. The number of phenols is 1. The first-order valence-electron chi connectivity index (χ1n) is 11.6. The Morgan fingerprint density at radius 3 is 2.48 bits per heavy atom. The number of aromatic hydroxyl groups is 1. The topological polar surface area (TPSA) is 141 Å². The lowest BCUT2D eigenvalue weighted by Crippen LogP contribution is -2.44. The first-order chi connectivity index (χ1) is 15.8. The number of piperidine rings is 1. The molecule has 0 aromatic heterocycles. The number of allylic oxidation sites excluding steroid dienone is 2. The number of benzene rings is 1. The molecule has 1 aromatic carbocycles. The van der Waals surface area contributed by atoms with E-state index in [1.54, 1.807) is 6.07 Å². The molecular weight excluding hydrogens is 424 g/mol. The molecule has 1 aliphatic heterocycles. The molecule has 5 rings (SSSR count). The van der Waals surface area contributed by atoms with Gasteiger partial charge in [0.05, 0.1) is 11.5 Å². The van der Waals surface area contributed by atoms with Gasteiger partial charge in [-0.15, -0.1) is 0 Å².